The Morgan fingerprint density at radius 2 is 1.80 bits per heavy atom. The van der Waals surface area contributed by atoms with Gasteiger partial charge in [-0.05, 0) is 25.3 Å². The molecule has 6 heteroatoms. The molecule has 0 saturated heterocycles. The van der Waals surface area contributed by atoms with E-state index in [-0.39, 0.29) is 16.5 Å². The van der Waals surface area contributed by atoms with Crippen LogP contribution >= 0.6 is 11.6 Å². The molecule has 0 N–H and O–H groups in total. The number of halogens is 4. The molecular weight excluding hydrogens is 289 g/mol. The lowest BCUT2D eigenvalue weighted by atomic mass is 10.1. The Morgan fingerprint density at radius 3 is 2.55 bits per heavy atom. The van der Waals surface area contributed by atoms with Crippen LogP contribution in [0.4, 0.5) is 13.2 Å². The van der Waals surface area contributed by atoms with Crippen molar-refractivity contribution in [3.63, 3.8) is 0 Å². The summed E-state index contributed by atoms with van der Waals surface area (Å²) in [7, 11) is 0. The van der Waals surface area contributed by atoms with Gasteiger partial charge in [0, 0.05) is 16.8 Å². The molecule has 3 rings (SSSR count). The molecule has 2 aromatic rings. The van der Waals surface area contributed by atoms with Crippen LogP contribution in [-0.4, -0.2) is 9.97 Å². The van der Waals surface area contributed by atoms with Crippen LogP contribution < -0.4 is 0 Å². The average molecular weight is 299 g/mol. The second-order valence-corrected chi connectivity index (χ2v) is 5.02. The molecule has 0 spiro atoms. The summed E-state index contributed by atoms with van der Waals surface area (Å²) in [6.45, 7) is 0. The maximum absolute atomic E-state index is 13.0. The molecule has 0 radical (unpaired) electrons. The van der Waals surface area contributed by atoms with Gasteiger partial charge in [0.15, 0.2) is 5.82 Å². The zero-order valence-corrected chi connectivity index (χ0v) is 11.1. The zero-order chi connectivity index (χ0) is 14.3. The van der Waals surface area contributed by atoms with E-state index in [1.165, 1.54) is 18.2 Å². The molecule has 104 valence electrons. The van der Waals surface area contributed by atoms with Crippen LogP contribution in [-0.2, 0) is 19.0 Å². The lowest BCUT2D eigenvalue weighted by Gasteiger charge is -2.12. The number of benzene rings is 1. The van der Waals surface area contributed by atoms with E-state index in [4.69, 9.17) is 11.6 Å². The van der Waals surface area contributed by atoms with Crippen LogP contribution in [0.3, 0.4) is 0 Å². The number of hydrogen-bond donors (Lipinski definition) is 0. The Hall–Kier alpha value is -1.62. The van der Waals surface area contributed by atoms with Gasteiger partial charge in [0.1, 0.15) is 5.15 Å². The highest BCUT2D eigenvalue weighted by Crippen LogP contribution is 2.37. The summed E-state index contributed by atoms with van der Waals surface area (Å²) in [6, 6.07) is 5.28. The molecule has 1 aromatic heterocycles. The molecule has 1 aromatic carbocycles. The Balaban J connectivity index is 2.18. The standard InChI is InChI=1S/C14H10ClF3N2/c15-12-9-5-3-7-11(9)19-13(20-12)8-4-1-2-6-10(8)14(16,17)18/h1-2,4,6H,3,5,7H2. The fraction of sp³-hybridized carbons (Fsp3) is 0.286. The third kappa shape index (κ3) is 2.26. The lowest BCUT2D eigenvalue weighted by Crippen LogP contribution is -2.08. The van der Waals surface area contributed by atoms with E-state index in [1.54, 1.807) is 0 Å². The van der Waals surface area contributed by atoms with Crippen molar-refractivity contribution in [1.82, 2.24) is 9.97 Å². The first kappa shape index (κ1) is 13.4. The molecular formula is C14H10ClF3N2. The fourth-order valence-electron chi connectivity index (χ4n) is 2.43. The first-order chi connectivity index (χ1) is 9.47. The van der Waals surface area contributed by atoms with Gasteiger partial charge in [0.25, 0.3) is 0 Å². The highest BCUT2D eigenvalue weighted by molar-refractivity contribution is 6.30. The Bertz CT molecular complexity index is 668. The van der Waals surface area contributed by atoms with E-state index >= 15 is 0 Å². The first-order valence-electron chi connectivity index (χ1n) is 6.18. The number of alkyl halides is 3. The van der Waals surface area contributed by atoms with E-state index in [0.29, 0.717) is 0 Å². The first-order valence-corrected chi connectivity index (χ1v) is 6.56. The molecule has 1 aliphatic rings. The molecule has 0 aliphatic heterocycles. The van der Waals surface area contributed by atoms with Crippen molar-refractivity contribution in [2.45, 2.75) is 25.4 Å². The molecule has 0 saturated carbocycles. The summed E-state index contributed by atoms with van der Waals surface area (Å²) in [4.78, 5) is 8.31. The van der Waals surface area contributed by atoms with Gasteiger partial charge in [-0.25, -0.2) is 9.97 Å². The van der Waals surface area contributed by atoms with Gasteiger partial charge >= 0.3 is 6.18 Å². The number of aryl methyl sites for hydroxylation is 1. The van der Waals surface area contributed by atoms with E-state index < -0.39 is 11.7 Å². The molecule has 0 fully saturated rings. The summed E-state index contributed by atoms with van der Waals surface area (Å²) in [5.74, 6) is 0.0450. The number of hydrogen-bond acceptors (Lipinski definition) is 2. The molecule has 1 heterocycles. The van der Waals surface area contributed by atoms with Crippen molar-refractivity contribution in [2.24, 2.45) is 0 Å². The molecule has 0 atom stereocenters. The molecule has 0 unspecified atom stereocenters. The van der Waals surface area contributed by atoms with Crippen LogP contribution in [0.25, 0.3) is 11.4 Å². The highest BCUT2D eigenvalue weighted by Gasteiger charge is 2.34. The highest BCUT2D eigenvalue weighted by atomic mass is 35.5. The second kappa shape index (κ2) is 4.74. The Kier molecular flexibility index (Phi) is 3.17. The molecule has 0 amide bonds. The van der Waals surface area contributed by atoms with Crippen molar-refractivity contribution in [3.05, 3.63) is 46.2 Å². The predicted octanol–water partition coefficient (Wildman–Crippen LogP) is 4.30. The summed E-state index contributed by atoms with van der Waals surface area (Å²) >= 11 is 6.06. The van der Waals surface area contributed by atoms with Crippen molar-refractivity contribution >= 4 is 11.6 Å². The van der Waals surface area contributed by atoms with Crippen molar-refractivity contribution in [2.75, 3.05) is 0 Å². The Labute approximate surface area is 118 Å². The summed E-state index contributed by atoms with van der Waals surface area (Å²) in [6.07, 6.45) is -2.01. The van der Waals surface area contributed by atoms with Gasteiger partial charge in [-0.1, -0.05) is 29.8 Å². The minimum Gasteiger partial charge on any atom is -0.233 e. The molecule has 20 heavy (non-hydrogen) atoms. The maximum Gasteiger partial charge on any atom is 0.417 e. The third-order valence-electron chi connectivity index (χ3n) is 3.36. The van der Waals surface area contributed by atoms with Crippen LogP contribution in [0.1, 0.15) is 23.2 Å². The van der Waals surface area contributed by atoms with Gasteiger partial charge in [-0.15, -0.1) is 0 Å². The monoisotopic (exact) mass is 298 g/mol. The average Bonchev–Trinajstić information content (AvgIpc) is 2.86. The van der Waals surface area contributed by atoms with Gasteiger partial charge in [0.2, 0.25) is 0 Å². The van der Waals surface area contributed by atoms with E-state index in [0.717, 1.165) is 36.6 Å². The second-order valence-electron chi connectivity index (χ2n) is 4.66. The van der Waals surface area contributed by atoms with Crippen LogP contribution in [0.2, 0.25) is 5.15 Å². The van der Waals surface area contributed by atoms with E-state index in [1.807, 2.05) is 0 Å². The van der Waals surface area contributed by atoms with Gasteiger partial charge in [0.05, 0.1) is 5.56 Å². The van der Waals surface area contributed by atoms with Gasteiger partial charge < -0.3 is 0 Å². The van der Waals surface area contributed by atoms with Crippen LogP contribution in [0, 0.1) is 0 Å². The zero-order valence-electron chi connectivity index (χ0n) is 10.3. The van der Waals surface area contributed by atoms with E-state index in [9.17, 15) is 13.2 Å². The molecule has 1 aliphatic carbocycles. The Morgan fingerprint density at radius 1 is 1.05 bits per heavy atom. The normalized spacial score (nSPS) is 14.4. The van der Waals surface area contributed by atoms with Crippen LogP contribution in [0.5, 0.6) is 0 Å². The number of fused-ring (bicyclic) bond motifs is 1. The van der Waals surface area contributed by atoms with Crippen molar-refractivity contribution in [1.29, 1.82) is 0 Å². The lowest BCUT2D eigenvalue weighted by molar-refractivity contribution is -0.137. The van der Waals surface area contributed by atoms with Gasteiger partial charge in [-0.3, -0.25) is 0 Å². The number of rotatable bonds is 1. The molecule has 0 bridgehead atoms. The minimum atomic E-state index is -4.44. The topological polar surface area (TPSA) is 25.8 Å². The van der Waals surface area contributed by atoms with Crippen molar-refractivity contribution < 1.29 is 13.2 Å². The summed E-state index contributed by atoms with van der Waals surface area (Å²) in [5, 5.41) is 0.263. The largest absolute Gasteiger partial charge is 0.417 e. The van der Waals surface area contributed by atoms with Gasteiger partial charge in [-0.2, -0.15) is 13.2 Å². The van der Waals surface area contributed by atoms with E-state index in [2.05, 4.69) is 9.97 Å². The maximum atomic E-state index is 13.0. The minimum absolute atomic E-state index is 0.0309. The third-order valence-corrected chi connectivity index (χ3v) is 3.67. The quantitative estimate of drug-likeness (QED) is 0.733. The van der Waals surface area contributed by atoms with Crippen LogP contribution in [0.15, 0.2) is 24.3 Å². The summed E-state index contributed by atoms with van der Waals surface area (Å²) in [5.41, 5.74) is 0.850. The SMILES string of the molecule is FC(F)(F)c1ccccc1-c1nc(Cl)c2c(n1)CCC2. The smallest absolute Gasteiger partial charge is 0.233 e. The fourth-order valence-corrected chi connectivity index (χ4v) is 2.72. The number of nitrogens with zero attached hydrogens (tertiary/aromatic N) is 2. The molecule has 2 nitrogen and oxygen atoms in total. The summed E-state index contributed by atoms with van der Waals surface area (Å²) < 4.78 is 39.1. The number of aromatic nitrogens is 2. The van der Waals surface area contributed by atoms with Crippen molar-refractivity contribution in [3.8, 4) is 11.4 Å². The predicted molar refractivity (Wildman–Crippen MR) is 69.5 cm³/mol.